The normalized spacial score (nSPS) is 18.9. The van der Waals surface area contributed by atoms with Crippen molar-refractivity contribution in [2.45, 2.75) is 45.8 Å². The quantitative estimate of drug-likeness (QED) is 0.226. The Labute approximate surface area is 91.4 Å². The van der Waals surface area contributed by atoms with Crippen LogP contribution in [0.4, 0.5) is 0 Å². The molecule has 0 aromatic rings. The second-order valence-electron chi connectivity index (χ2n) is 4.72. The van der Waals surface area contributed by atoms with Crippen LogP contribution in [-0.4, -0.2) is 34.3 Å². The van der Waals surface area contributed by atoms with Crippen LogP contribution >= 0.6 is 0 Å². The minimum absolute atomic E-state index is 0.121. The van der Waals surface area contributed by atoms with Gasteiger partial charge in [-0.05, 0) is 26.2 Å². The van der Waals surface area contributed by atoms with E-state index >= 15 is 0 Å². The van der Waals surface area contributed by atoms with E-state index in [0.29, 0.717) is 18.9 Å². The average molecular weight is 217 g/mol. The van der Waals surface area contributed by atoms with Crippen molar-refractivity contribution in [2.75, 3.05) is 6.54 Å². The van der Waals surface area contributed by atoms with Gasteiger partial charge in [0, 0.05) is 6.54 Å². The molecule has 0 saturated heterocycles. The molecule has 0 aromatic heterocycles. The van der Waals surface area contributed by atoms with Crippen LogP contribution in [0.1, 0.15) is 34.1 Å². The van der Waals surface area contributed by atoms with Crippen LogP contribution in [0, 0.1) is 5.92 Å². The summed E-state index contributed by atoms with van der Waals surface area (Å²) in [6.07, 6.45) is 0.711. The van der Waals surface area contributed by atoms with Crippen molar-refractivity contribution < 1.29 is 10.3 Å². The van der Waals surface area contributed by atoms with Crippen LogP contribution in [-0.2, 0) is 0 Å². The molecule has 0 spiro atoms. The molecule has 0 aromatic carbocycles. The highest BCUT2D eigenvalue weighted by atomic mass is 16.4. The Morgan fingerprint density at radius 3 is 2.40 bits per heavy atom. The fourth-order valence-electron chi connectivity index (χ4n) is 1.52. The van der Waals surface area contributed by atoms with Gasteiger partial charge in [0.05, 0.1) is 11.6 Å². The lowest BCUT2D eigenvalue weighted by Crippen LogP contribution is -2.47. The molecular weight excluding hydrogens is 194 g/mol. The Morgan fingerprint density at radius 2 is 2.00 bits per heavy atom. The first-order valence-corrected chi connectivity index (χ1v) is 5.21. The first-order chi connectivity index (χ1) is 6.78. The number of nitrogens with zero attached hydrogens (tertiary/aromatic N) is 1. The highest BCUT2D eigenvalue weighted by Crippen LogP contribution is 2.15. The van der Waals surface area contributed by atoms with Crippen molar-refractivity contribution in [3.63, 3.8) is 0 Å². The van der Waals surface area contributed by atoms with E-state index in [9.17, 15) is 5.11 Å². The Bertz CT molecular complexity index is 215. The highest BCUT2D eigenvalue weighted by molar-refractivity contribution is 5.84. The number of aliphatic hydroxyl groups is 1. The minimum atomic E-state index is -0.766. The second-order valence-corrected chi connectivity index (χ2v) is 4.72. The van der Waals surface area contributed by atoms with Gasteiger partial charge in [0.15, 0.2) is 5.84 Å². The fourth-order valence-corrected chi connectivity index (χ4v) is 1.52. The summed E-state index contributed by atoms with van der Waals surface area (Å²) in [7, 11) is 0. The van der Waals surface area contributed by atoms with E-state index in [4.69, 9.17) is 10.9 Å². The van der Waals surface area contributed by atoms with Crippen LogP contribution in [0.2, 0.25) is 0 Å². The maximum Gasteiger partial charge on any atom is 0.156 e. The lowest BCUT2D eigenvalue weighted by Gasteiger charge is -2.27. The monoisotopic (exact) mass is 217 g/mol. The summed E-state index contributed by atoms with van der Waals surface area (Å²) >= 11 is 0. The molecular formula is C10H23N3O2. The van der Waals surface area contributed by atoms with E-state index in [1.54, 1.807) is 13.8 Å². The van der Waals surface area contributed by atoms with Crippen molar-refractivity contribution in [3.05, 3.63) is 0 Å². The number of oxime groups is 1. The first-order valence-electron chi connectivity index (χ1n) is 5.21. The Balaban J connectivity index is 4.03. The molecule has 0 rings (SSSR count). The molecule has 0 amide bonds. The van der Waals surface area contributed by atoms with Gasteiger partial charge in [-0.1, -0.05) is 19.0 Å². The molecule has 2 atom stereocenters. The molecule has 2 unspecified atom stereocenters. The van der Waals surface area contributed by atoms with Crippen molar-refractivity contribution in [2.24, 2.45) is 16.8 Å². The SMILES string of the molecule is CC(C)CC(C)(O)CNC(C)C(N)=NO. The van der Waals surface area contributed by atoms with Gasteiger partial charge in [0.25, 0.3) is 0 Å². The molecule has 0 saturated carbocycles. The second kappa shape index (κ2) is 5.92. The average Bonchev–Trinajstić information content (AvgIpc) is 2.11. The topological polar surface area (TPSA) is 90.9 Å². The fraction of sp³-hybridized carbons (Fsp3) is 0.900. The molecule has 0 heterocycles. The highest BCUT2D eigenvalue weighted by Gasteiger charge is 2.22. The van der Waals surface area contributed by atoms with E-state index in [2.05, 4.69) is 24.3 Å². The summed E-state index contributed by atoms with van der Waals surface area (Å²) in [5, 5.41) is 24.3. The van der Waals surface area contributed by atoms with Crippen LogP contribution in [0.25, 0.3) is 0 Å². The van der Waals surface area contributed by atoms with Gasteiger partial charge in [-0.15, -0.1) is 0 Å². The smallest absolute Gasteiger partial charge is 0.156 e. The molecule has 5 heteroatoms. The summed E-state index contributed by atoms with van der Waals surface area (Å²) in [5.74, 6) is 0.552. The molecule has 0 radical (unpaired) electrons. The number of rotatable bonds is 6. The van der Waals surface area contributed by atoms with Gasteiger partial charge < -0.3 is 21.4 Å². The standard InChI is InChI=1S/C10H23N3O2/c1-7(2)5-10(4,14)6-12-8(3)9(11)13-15/h7-8,12,14-15H,5-6H2,1-4H3,(H2,11,13). The van der Waals surface area contributed by atoms with Gasteiger partial charge in [-0.3, -0.25) is 0 Å². The number of nitrogens with two attached hydrogens (primary N) is 1. The van der Waals surface area contributed by atoms with E-state index in [-0.39, 0.29) is 11.9 Å². The van der Waals surface area contributed by atoms with Gasteiger partial charge in [-0.2, -0.15) is 0 Å². The van der Waals surface area contributed by atoms with Crippen molar-refractivity contribution in [3.8, 4) is 0 Å². The molecule has 90 valence electrons. The molecule has 0 aliphatic carbocycles. The lowest BCUT2D eigenvalue weighted by molar-refractivity contribution is 0.0379. The van der Waals surface area contributed by atoms with Gasteiger partial charge in [0.1, 0.15) is 0 Å². The third-order valence-corrected chi connectivity index (χ3v) is 2.20. The van der Waals surface area contributed by atoms with Crippen molar-refractivity contribution in [1.82, 2.24) is 5.32 Å². The number of hydrogen-bond donors (Lipinski definition) is 4. The maximum atomic E-state index is 9.98. The zero-order valence-electron chi connectivity index (χ0n) is 9.99. The zero-order chi connectivity index (χ0) is 12.1. The molecule has 0 aliphatic rings. The van der Waals surface area contributed by atoms with Crippen LogP contribution < -0.4 is 11.1 Å². The van der Waals surface area contributed by atoms with Gasteiger partial charge in [0.2, 0.25) is 0 Å². The molecule has 0 aliphatic heterocycles. The van der Waals surface area contributed by atoms with Crippen molar-refractivity contribution >= 4 is 5.84 Å². The molecule has 5 nitrogen and oxygen atoms in total. The summed E-state index contributed by atoms with van der Waals surface area (Å²) in [6.45, 7) is 8.09. The molecule has 5 N–H and O–H groups in total. The van der Waals surface area contributed by atoms with E-state index in [0.717, 1.165) is 0 Å². The number of hydrogen-bond acceptors (Lipinski definition) is 4. The predicted molar refractivity (Wildman–Crippen MR) is 61.0 cm³/mol. The third-order valence-electron chi connectivity index (χ3n) is 2.20. The van der Waals surface area contributed by atoms with E-state index in [1.807, 2.05) is 0 Å². The van der Waals surface area contributed by atoms with Gasteiger partial charge in [-0.25, -0.2) is 0 Å². The Kier molecular flexibility index (Phi) is 5.60. The van der Waals surface area contributed by atoms with Gasteiger partial charge >= 0.3 is 0 Å². The Hall–Kier alpha value is -0.810. The molecule has 0 bridgehead atoms. The van der Waals surface area contributed by atoms with Crippen LogP contribution in [0.3, 0.4) is 0 Å². The largest absolute Gasteiger partial charge is 0.409 e. The van der Waals surface area contributed by atoms with E-state index < -0.39 is 5.60 Å². The number of amidine groups is 1. The summed E-state index contributed by atoms with van der Waals surface area (Å²) in [6, 6.07) is -0.242. The zero-order valence-corrected chi connectivity index (χ0v) is 9.99. The first kappa shape index (κ1) is 14.2. The Morgan fingerprint density at radius 1 is 1.47 bits per heavy atom. The third kappa shape index (κ3) is 6.30. The maximum absolute atomic E-state index is 9.98. The summed E-state index contributed by atoms with van der Waals surface area (Å²) < 4.78 is 0. The lowest BCUT2D eigenvalue weighted by atomic mass is 9.94. The van der Waals surface area contributed by atoms with Crippen molar-refractivity contribution in [1.29, 1.82) is 0 Å². The minimum Gasteiger partial charge on any atom is -0.409 e. The predicted octanol–water partition coefficient (Wildman–Crippen LogP) is 0.508. The molecule has 15 heavy (non-hydrogen) atoms. The molecule has 0 fully saturated rings. The van der Waals surface area contributed by atoms with Crippen LogP contribution in [0.15, 0.2) is 5.16 Å². The summed E-state index contributed by atoms with van der Waals surface area (Å²) in [5.41, 5.74) is 4.64. The number of nitrogens with one attached hydrogen (secondary N) is 1. The van der Waals surface area contributed by atoms with Crippen LogP contribution in [0.5, 0.6) is 0 Å². The van der Waals surface area contributed by atoms with E-state index in [1.165, 1.54) is 0 Å². The summed E-state index contributed by atoms with van der Waals surface area (Å²) in [4.78, 5) is 0.